The summed E-state index contributed by atoms with van der Waals surface area (Å²) in [7, 11) is 0. The molecule has 0 radical (unpaired) electrons. The summed E-state index contributed by atoms with van der Waals surface area (Å²) < 4.78 is 5.90. The Bertz CT molecular complexity index is 271. The molecule has 0 saturated carbocycles. The lowest BCUT2D eigenvalue weighted by atomic mass is 10.0. The Kier molecular flexibility index (Phi) is 11.3. The van der Waals surface area contributed by atoms with Gasteiger partial charge in [0.2, 0.25) is 0 Å². The van der Waals surface area contributed by atoms with Crippen LogP contribution in [0.5, 0.6) is 0 Å². The van der Waals surface area contributed by atoms with Crippen molar-refractivity contribution in [1.29, 1.82) is 0 Å². The molecule has 0 fully saturated rings. The summed E-state index contributed by atoms with van der Waals surface area (Å²) in [5.74, 6) is 0.679. The Balaban J connectivity index is 3.38. The highest BCUT2D eigenvalue weighted by atomic mass is 16.5. The number of hydrogen-bond acceptors (Lipinski definition) is 4. The van der Waals surface area contributed by atoms with E-state index < -0.39 is 6.09 Å². The van der Waals surface area contributed by atoms with Gasteiger partial charge in [0.1, 0.15) is 0 Å². The van der Waals surface area contributed by atoms with E-state index in [4.69, 9.17) is 9.84 Å². The minimum absolute atomic E-state index is 0.0900. The number of hydrogen-bond donors (Lipinski definition) is 4. The van der Waals surface area contributed by atoms with Crippen molar-refractivity contribution in [3.63, 3.8) is 0 Å². The lowest BCUT2D eigenvalue weighted by Gasteiger charge is -2.26. The fourth-order valence-corrected chi connectivity index (χ4v) is 1.71. The van der Waals surface area contributed by atoms with Crippen molar-refractivity contribution in [2.75, 3.05) is 32.9 Å². The molecule has 0 spiro atoms. The van der Waals surface area contributed by atoms with Gasteiger partial charge in [-0.3, -0.25) is 0 Å². The van der Waals surface area contributed by atoms with E-state index in [-0.39, 0.29) is 5.60 Å². The third-order valence-corrected chi connectivity index (χ3v) is 3.15. The van der Waals surface area contributed by atoms with Crippen molar-refractivity contribution >= 4 is 6.09 Å². The maximum atomic E-state index is 10.2. The predicted octanol–water partition coefficient (Wildman–Crippen LogP) is 2.01. The summed E-state index contributed by atoms with van der Waals surface area (Å²) in [6.07, 6.45) is 1.89. The van der Waals surface area contributed by atoms with Crippen LogP contribution in [0.3, 0.4) is 0 Å². The average Bonchev–Trinajstić information content (AvgIpc) is 2.35. The predicted molar refractivity (Wildman–Crippen MR) is 85.6 cm³/mol. The molecule has 1 amide bonds. The van der Waals surface area contributed by atoms with Crippen molar-refractivity contribution in [2.45, 2.75) is 52.6 Å². The Hall–Kier alpha value is -0.850. The highest BCUT2D eigenvalue weighted by molar-refractivity contribution is 5.64. The van der Waals surface area contributed by atoms with E-state index in [0.29, 0.717) is 12.5 Å². The molecule has 0 aromatic carbocycles. The monoisotopic (exact) mass is 303 g/mol. The largest absolute Gasteiger partial charge is 0.465 e. The standard InChI is InChI=1S/C15H33N3O3/c1-13(2)6-11-21-15(3,4)7-10-17-12-16-8-5-9-18-14(19)20/h13,16-18H,5-12H2,1-4H3,(H,19,20). The van der Waals surface area contributed by atoms with E-state index in [1.54, 1.807) is 0 Å². The van der Waals surface area contributed by atoms with E-state index in [1.807, 2.05) is 0 Å². The molecule has 0 bridgehead atoms. The van der Waals surface area contributed by atoms with Crippen molar-refractivity contribution in [3.05, 3.63) is 0 Å². The van der Waals surface area contributed by atoms with Gasteiger partial charge >= 0.3 is 6.09 Å². The molecule has 0 saturated heterocycles. The van der Waals surface area contributed by atoms with Gasteiger partial charge in [-0.05, 0) is 52.1 Å². The van der Waals surface area contributed by atoms with E-state index in [1.165, 1.54) is 0 Å². The first kappa shape index (κ1) is 20.1. The van der Waals surface area contributed by atoms with E-state index >= 15 is 0 Å². The van der Waals surface area contributed by atoms with Gasteiger partial charge < -0.3 is 25.8 Å². The Morgan fingerprint density at radius 3 is 2.48 bits per heavy atom. The van der Waals surface area contributed by atoms with Crippen LogP contribution in [0.2, 0.25) is 0 Å². The molecule has 0 aromatic heterocycles. The molecular weight excluding hydrogens is 270 g/mol. The Morgan fingerprint density at radius 2 is 1.86 bits per heavy atom. The smallest absolute Gasteiger partial charge is 0.404 e. The first-order valence-electron chi connectivity index (χ1n) is 7.85. The van der Waals surface area contributed by atoms with E-state index in [9.17, 15) is 4.79 Å². The first-order chi connectivity index (χ1) is 9.83. The van der Waals surface area contributed by atoms with Crippen LogP contribution in [0.25, 0.3) is 0 Å². The molecular formula is C15H33N3O3. The number of rotatable bonds is 13. The minimum atomic E-state index is -0.965. The highest BCUT2D eigenvalue weighted by Gasteiger charge is 2.17. The van der Waals surface area contributed by atoms with Gasteiger partial charge in [-0.15, -0.1) is 0 Å². The minimum Gasteiger partial charge on any atom is -0.465 e. The maximum absolute atomic E-state index is 10.2. The van der Waals surface area contributed by atoms with Gasteiger partial charge in [-0.1, -0.05) is 13.8 Å². The molecule has 0 aliphatic carbocycles. The molecule has 126 valence electrons. The van der Waals surface area contributed by atoms with Crippen molar-refractivity contribution < 1.29 is 14.6 Å². The van der Waals surface area contributed by atoms with Gasteiger partial charge in [0.25, 0.3) is 0 Å². The Labute approximate surface area is 129 Å². The molecule has 0 unspecified atom stereocenters. The molecule has 0 aromatic rings. The van der Waals surface area contributed by atoms with Crippen LogP contribution >= 0.6 is 0 Å². The second-order valence-corrected chi connectivity index (χ2v) is 6.30. The molecule has 6 nitrogen and oxygen atoms in total. The zero-order chi connectivity index (χ0) is 16.1. The molecule has 0 aliphatic heterocycles. The molecule has 0 rings (SSSR count). The number of amides is 1. The van der Waals surface area contributed by atoms with Crippen LogP contribution in [-0.2, 0) is 4.74 Å². The van der Waals surface area contributed by atoms with Crippen LogP contribution in [0.15, 0.2) is 0 Å². The quantitative estimate of drug-likeness (QED) is 0.309. The van der Waals surface area contributed by atoms with Crippen LogP contribution in [-0.4, -0.2) is 49.7 Å². The summed E-state index contributed by atoms with van der Waals surface area (Å²) in [5.41, 5.74) is -0.0900. The van der Waals surface area contributed by atoms with Gasteiger partial charge in [0.15, 0.2) is 0 Å². The zero-order valence-corrected chi connectivity index (χ0v) is 14.0. The lowest BCUT2D eigenvalue weighted by molar-refractivity contribution is -0.0272. The fraction of sp³-hybridized carbons (Fsp3) is 0.933. The van der Waals surface area contributed by atoms with Crippen LogP contribution in [0.4, 0.5) is 4.79 Å². The van der Waals surface area contributed by atoms with Gasteiger partial charge in [0, 0.05) is 19.8 Å². The van der Waals surface area contributed by atoms with Crippen molar-refractivity contribution in [3.8, 4) is 0 Å². The number of ether oxygens (including phenoxy) is 1. The van der Waals surface area contributed by atoms with Crippen LogP contribution < -0.4 is 16.0 Å². The van der Waals surface area contributed by atoms with E-state index in [2.05, 4.69) is 43.6 Å². The van der Waals surface area contributed by atoms with Gasteiger partial charge in [-0.2, -0.15) is 0 Å². The third kappa shape index (κ3) is 15.4. The fourth-order valence-electron chi connectivity index (χ4n) is 1.71. The Morgan fingerprint density at radius 1 is 1.19 bits per heavy atom. The second-order valence-electron chi connectivity index (χ2n) is 6.30. The number of carbonyl (C=O) groups is 1. The molecule has 21 heavy (non-hydrogen) atoms. The van der Waals surface area contributed by atoms with E-state index in [0.717, 1.165) is 45.6 Å². The highest BCUT2D eigenvalue weighted by Crippen LogP contribution is 2.15. The summed E-state index contributed by atoms with van der Waals surface area (Å²) in [5, 5.41) is 17.3. The molecule has 0 heterocycles. The summed E-state index contributed by atoms with van der Waals surface area (Å²) >= 11 is 0. The number of carboxylic acid groups (broad SMARTS) is 1. The maximum Gasteiger partial charge on any atom is 0.404 e. The molecule has 0 atom stereocenters. The molecule has 4 N–H and O–H groups in total. The normalized spacial score (nSPS) is 11.9. The summed E-state index contributed by atoms with van der Waals surface area (Å²) in [4.78, 5) is 10.2. The zero-order valence-electron chi connectivity index (χ0n) is 14.0. The van der Waals surface area contributed by atoms with Gasteiger partial charge in [0.05, 0.1) is 5.60 Å². The summed E-state index contributed by atoms with van der Waals surface area (Å²) in [6.45, 7) is 12.4. The first-order valence-corrected chi connectivity index (χ1v) is 7.85. The van der Waals surface area contributed by atoms with Crippen LogP contribution in [0, 0.1) is 5.92 Å². The van der Waals surface area contributed by atoms with Crippen molar-refractivity contribution in [2.24, 2.45) is 5.92 Å². The third-order valence-electron chi connectivity index (χ3n) is 3.15. The topological polar surface area (TPSA) is 82.6 Å². The SMILES string of the molecule is CC(C)CCOC(C)(C)CCNCNCCCNC(=O)O. The molecule has 0 aliphatic rings. The van der Waals surface area contributed by atoms with Crippen LogP contribution in [0.1, 0.15) is 47.0 Å². The number of nitrogens with one attached hydrogen (secondary N) is 3. The van der Waals surface area contributed by atoms with Gasteiger partial charge in [-0.25, -0.2) is 4.79 Å². The van der Waals surface area contributed by atoms with Crippen molar-refractivity contribution in [1.82, 2.24) is 16.0 Å². The molecule has 6 heteroatoms. The summed E-state index contributed by atoms with van der Waals surface area (Å²) in [6, 6.07) is 0. The average molecular weight is 303 g/mol. The second kappa shape index (κ2) is 11.8. The lowest BCUT2D eigenvalue weighted by Crippen LogP contribution is -2.35.